The van der Waals surface area contributed by atoms with Gasteiger partial charge in [-0.3, -0.25) is 14.4 Å². The molecule has 2 amide bonds. The molecule has 6 rings (SSSR count). The molecule has 1 spiro atoms. The van der Waals surface area contributed by atoms with Gasteiger partial charge in [0.25, 0.3) is 0 Å². The molecule has 1 aromatic carbocycles. The first-order valence-corrected chi connectivity index (χ1v) is 11.9. The highest BCUT2D eigenvalue weighted by molar-refractivity contribution is 5.94. The molecule has 1 aliphatic carbocycles. The normalized spacial score (nSPS) is 39.7. The SMILES string of the molecule is CC[C@]12C3CC(=O)N4CC[C@@]5(c6ccc(OC)cc6N(C=O)[C@H]5[C@@](C(=O)OC)(O3)[C@@H]1OC(C)=O)[C@@H]42. The first-order chi connectivity index (χ1) is 16.8. The number of piperidine rings is 1. The van der Waals surface area contributed by atoms with Gasteiger partial charge in [0.2, 0.25) is 17.9 Å². The minimum atomic E-state index is -1.80. The molecule has 7 atom stereocenters. The summed E-state index contributed by atoms with van der Waals surface area (Å²) < 4.78 is 23.3. The van der Waals surface area contributed by atoms with E-state index >= 15 is 0 Å². The molecule has 0 aromatic heterocycles. The number of nitrogens with zero attached hydrogens (tertiary/aromatic N) is 2. The molecule has 5 aliphatic rings. The van der Waals surface area contributed by atoms with Crippen LogP contribution in [-0.4, -0.2) is 79.8 Å². The van der Waals surface area contributed by atoms with Crippen molar-refractivity contribution in [3.63, 3.8) is 0 Å². The Morgan fingerprint density at radius 3 is 2.66 bits per heavy atom. The van der Waals surface area contributed by atoms with E-state index in [1.54, 1.807) is 13.2 Å². The van der Waals surface area contributed by atoms with Crippen molar-refractivity contribution in [3.05, 3.63) is 23.8 Å². The van der Waals surface area contributed by atoms with Crippen LogP contribution in [0.3, 0.4) is 0 Å². The van der Waals surface area contributed by atoms with E-state index in [0.29, 0.717) is 37.2 Å². The smallest absolute Gasteiger partial charge is 0.344 e. The second kappa shape index (κ2) is 6.96. The standard InChI is InChI=1S/C25H28N2O8/c1-5-23-17-11-18(30)26-9-8-24(19(23)26)15-7-6-14(32-3)10-16(15)27(12-28)20(24)25(35-17,22(31)33-4)21(23)34-13(2)29/h6-7,10,12,17,19-21H,5,8-9,11H2,1-4H3/t17?,19-,20+,21+,23+,24+,25+/m0/s1. The van der Waals surface area contributed by atoms with E-state index in [-0.39, 0.29) is 12.3 Å². The molecule has 4 aliphatic heterocycles. The monoisotopic (exact) mass is 484 g/mol. The molecule has 10 nitrogen and oxygen atoms in total. The van der Waals surface area contributed by atoms with Crippen molar-refractivity contribution < 1.29 is 38.1 Å². The molecule has 1 saturated carbocycles. The highest BCUT2D eigenvalue weighted by Gasteiger charge is 2.88. The van der Waals surface area contributed by atoms with Gasteiger partial charge in [0.05, 0.1) is 49.9 Å². The largest absolute Gasteiger partial charge is 0.497 e. The molecule has 0 radical (unpaired) electrons. The number of hydrogen-bond donors (Lipinski definition) is 0. The van der Waals surface area contributed by atoms with Crippen LogP contribution < -0.4 is 9.64 Å². The van der Waals surface area contributed by atoms with Crippen LogP contribution in [0.4, 0.5) is 5.69 Å². The number of carbonyl (C=O) groups is 4. The highest BCUT2D eigenvalue weighted by Crippen LogP contribution is 2.73. The zero-order valence-electron chi connectivity index (χ0n) is 20.1. The Morgan fingerprint density at radius 2 is 2.03 bits per heavy atom. The van der Waals surface area contributed by atoms with Crippen molar-refractivity contribution in [3.8, 4) is 5.75 Å². The molecular weight excluding hydrogens is 456 g/mol. The fourth-order valence-corrected chi connectivity index (χ4v) is 8.35. The average molecular weight is 485 g/mol. The summed E-state index contributed by atoms with van der Waals surface area (Å²) in [5.41, 5.74) is -2.02. The summed E-state index contributed by atoms with van der Waals surface area (Å²) in [5.74, 6) is -0.794. The lowest BCUT2D eigenvalue weighted by Crippen LogP contribution is -2.79. The van der Waals surface area contributed by atoms with Crippen LogP contribution in [-0.2, 0) is 38.8 Å². The van der Waals surface area contributed by atoms with E-state index in [9.17, 15) is 19.2 Å². The predicted molar refractivity (Wildman–Crippen MR) is 120 cm³/mol. The maximum atomic E-state index is 13.8. The number of ether oxygens (including phenoxy) is 4. The minimum Gasteiger partial charge on any atom is -0.497 e. The molecule has 186 valence electrons. The number of hydrogen-bond acceptors (Lipinski definition) is 8. The molecule has 4 heterocycles. The van der Waals surface area contributed by atoms with Crippen LogP contribution in [0.25, 0.3) is 0 Å². The number of methoxy groups -OCH3 is 2. The topological polar surface area (TPSA) is 112 Å². The summed E-state index contributed by atoms with van der Waals surface area (Å²) in [6, 6.07) is 4.20. The van der Waals surface area contributed by atoms with Gasteiger partial charge in [-0.2, -0.15) is 0 Å². The molecule has 1 unspecified atom stereocenters. The minimum absolute atomic E-state index is 0.0662. The van der Waals surface area contributed by atoms with Crippen LogP contribution in [0.15, 0.2) is 18.2 Å². The summed E-state index contributed by atoms with van der Waals surface area (Å²) in [6.45, 7) is 3.73. The number of amides is 2. The number of fused-ring (bicyclic) bond motifs is 3. The first-order valence-electron chi connectivity index (χ1n) is 11.9. The zero-order chi connectivity index (χ0) is 24.9. The van der Waals surface area contributed by atoms with Gasteiger partial charge in [0.15, 0.2) is 6.10 Å². The van der Waals surface area contributed by atoms with Gasteiger partial charge in [0, 0.05) is 24.9 Å². The second-order valence-electron chi connectivity index (χ2n) is 10.1. The molecule has 1 aromatic rings. The summed E-state index contributed by atoms with van der Waals surface area (Å²) >= 11 is 0. The van der Waals surface area contributed by atoms with E-state index in [2.05, 4.69) is 0 Å². The van der Waals surface area contributed by atoms with Gasteiger partial charge in [-0.05, 0) is 24.5 Å². The average Bonchev–Trinajstić information content (AvgIpc) is 3.46. The Morgan fingerprint density at radius 1 is 1.26 bits per heavy atom. The van der Waals surface area contributed by atoms with Crippen LogP contribution in [0.1, 0.15) is 38.7 Å². The number of carbonyl (C=O) groups excluding carboxylic acids is 4. The maximum Gasteiger partial charge on any atom is 0.344 e. The number of anilines is 1. The molecule has 10 heteroatoms. The summed E-state index contributed by atoms with van der Waals surface area (Å²) in [6.07, 6.45) is 0.0823. The third-order valence-corrected chi connectivity index (χ3v) is 9.24. The van der Waals surface area contributed by atoms with Crippen LogP contribution in [0.5, 0.6) is 5.75 Å². The molecule has 0 N–H and O–H groups in total. The van der Waals surface area contributed by atoms with Gasteiger partial charge in [-0.1, -0.05) is 13.0 Å². The lowest BCUT2D eigenvalue weighted by atomic mass is 9.48. The predicted octanol–water partition coefficient (Wildman–Crippen LogP) is 0.935. The summed E-state index contributed by atoms with van der Waals surface area (Å²) in [4.78, 5) is 55.7. The van der Waals surface area contributed by atoms with Crippen LogP contribution in [0.2, 0.25) is 0 Å². The van der Waals surface area contributed by atoms with E-state index in [4.69, 9.17) is 18.9 Å². The number of rotatable bonds is 5. The lowest BCUT2D eigenvalue weighted by molar-refractivity contribution is -0.199. The molecule has 2 bridgehead atoms. The van der Waals surface area contributed by atoms with E-state index in [1.165, 1.54) is 18.9 Å². The second-order valence-corrected chi connectivity index (χ2v) is 10.1. The fraction of sp³-hybridized carbons (Fsp3) is 0.600. The van der Waals surface area contributed by atoms with Gasteiger partial charge >= 0.3 is 11.9 Å². The van der Waals surface area contributed by atoms with Crippen molar-refractivity contribution >= 4 is 29.9 Å². The van der Waals surface area contributed by atoms with Crippen molar-refractivity contribution in [2.24, 2.45) is 5.41 Å². The Balaban J connectivity index is 1.73. The van der Waals surface area contributed by atoms with E-state index < -0.39 is 52.7 Å². The van der Waals surface area contributed by atoms with Crippen LogP contribution >= 0.6 is 0 Å². The Hall–Kier alpha value is -3.14. The maximum absolute atomic E-state index is 13.8. The van der Waals surface area contributed by atoms with E-state index in [0.717, 1.165) is 5.56 Å². The molecule has 3 saturated heterocycles. The highest BCUT2D eigenvalue weighted by atomic mass is 16.6. The van der Waals surface area contributed by atoms with Crippen molar-refractivity contribution in [1.82, 2.24) is 4.90 Å². The third kappa shape index (κ3) is 2.21. The third-order valence-electron chi connectivity index (χ3n) is 9.24. The summed E-state index contributed by atoms with van der Waals surface area (Å²) in [5, 5.41) is 0. The lowest BCUT2D eigenvalue weighted by Gasteiger charge is -2.60. The van der Waals surface area contributed by atoms with Crippen LogP contribution in [0, 0.1) is 5.41 Å². The van der Waals surface area contributed by atoms with Gasteiger partial charge < -0.3 is 28.7 Å². The number of esters is 2. The van der Waals surface area contributed by atoms with Crippen molar-refractivity contribution in [2.75, 3.05) is 25.7 Å². The molecule has 4 fully saturated rings. The van der Waals surface area contributed by atoms with E-state index in [1.807, 2.05) is 24.0 Å². The Bertz CT molecular complexity index is 1170. The van der Waals surface area contributed by atoms with Gasteiger partial charge in [-0.15, -0.1) is 0 Å². The number of benzene rings is 1. The van der Waals surface area contributed by atoms with Crippen molar-refractivity contribution in [2.45, 2.75) is 68.4 Å². The fourth-order valence-electron chi connectivity index (χ4n) is 8.35. The van der Waals surface area contributed by atoms with Gasteiger partial charge in [0.1, 0.15) is 5.75 Å². The summed E-state index contributed by atoms with van der Waals surface area (Å²) in [7, 11) is 2.80. The zero-order valence-corrected chi connectivity index (χ0v) is 20.1. The Kier molecular flexibility index (Phi) is 4.44. The van der Waals surface area contributed by atoms with Gasteiger partial charge in [-0.25, -0.2) is 4.79 Å². The molecule has 35 heavy (non-hydrogen) atoms. The van der Waals surface area contributed by atoms with Crippen molar-refractivity contribution in [1.29, 1.82) is 0 Å². The first kappa shape index (κ1) is 22.3. The quantitative estimate of drug-likeness (QED) is 0.448. The Labute approximate surface area is 202 Å². The molecular formula is C25H28N2O8.